The molecule has 0 bridgehead atoms. The van der Waals surface area contributed by atoms with E-state index in [4.69, 9.17) is 0 Å². The molecule has 1 rings (SSSR count). The zero-order valence-corrected chi connectivity index (χ0v) is 10.2. The molecule has 13 heavy (non-hydrogen) atoms. The second-order valence-corrected chi connectivity index (χ2v) is 7.00. The molecule has 0 unspecified atom stereocenters. The van der Waals surface area contributed by atoms with Gasteiger partial charge in [-0.05, 0) is 0 Å². The zero-order chi connectivity index (χ0) is 10.1. The fourth-order valence-corrected chi connectivity index (χ4v) is 2.03. The first kappa shape index (κ1) is 11.5. The second kappa shape index (κ2) is 4.30. The van der Waals surface area contributed by atoms with Crippen molar-refractivity contribution < 1.29 is 0 Å². The molecule has 64 valence electrons. The fourth-order valence-electron chi connectivity index (χ4n) is 1.25. The summed E-state index contributed by atoms with van der Waals surface area (Å²) < 4.78 is 0. The standard InChI is InChI=1S/C8H15B4P/c1-8(2,3)6-9-7(13(4)5)11-12-10-6/h1-5H3. The van der Waals surface area contributed by atoms with Gasteiger partial charge in [0.25, 0.3) is 0 Å². The molecule has 0 N–H and O–H groups in total. The summed E-state index contributed by atoms with van der Waals surface area (Å²) in [5.74, 6) is 0. The van der Waals surface area contributed by atoms with Crippen LogP contribution in [-0.4, -0.2) is 51.8 Å². The minimum atomic E-state index is 0.0411. The van der Waals surface area contributed by atoms with Crippen molar-refractivity contribution in [1.82, 2.24) is 0 Å². The Bertz CT molecular complexity index is 249. The molecule has 0 aromatic carbocycles. The van der Waals surface area contributed by atoms with Crippen molar-refractivity contribution in [1.29, 1.82) is 0 Å². The third kappa shape index (κ3) is 3.24. The van der Waals surface area contributed by atoms with Crippen LogP contribution in [0.4, 0.5) is 0 Å². The predicted octanol–water partition coefficient (Wildman–Crippen LogP) is 0.652. The van der Waals surface area contributed by atoms with E-state index in [1.54, 1.807) is 0 Å². The maximum atomic E-state index is 2.35. The van der Waals surface area contributed by atoms with Crippen LogP contribution in [-0.2, 0) is 0 Å². The molecule has 0 amide bonds. The summed E-state index contributed by atoms with van der Waals surface area (Å²) in [6.45, 7) is 16.0. The van der Waals surface area contributed by atoms with Crippen molar-refractivity contribution >= 4 is 46.4 Å². The maximum absolute atomic E-state index is 2.35. The number of hydrogen-bond donors (Lipinski definition) is 0. The van der Waals surface area contributed by atoms with Crippen molar-refractivity contribution in [2.45, 2.75) is 20.8 Å². The van der Waals surface area contributed by atoms with E-state index in [1.165, 1.54) is 10.5 Å². The topological polar surface area (TPSA) is 0 Å². The first-order valence-electron chi connectivity index (χ1n) is 4.69. The Labute approximate surface area is 86.3 Å². The normalized spacial score (nSPS) is 16.2. The van der Waals surface area contributed by atoms with Gasteiger partial charge in [-0.25, -0.2) is 0 Å². The van der Waals surface area contributed by atoms with Gasteiger partial charge in [-0.3, -0.25) is 0 Å². The van der Waals surface area contributed by atoms with Crippen LogP contribution in [0.25, 0.3) is 0 Å². The van der Waals surface area contributed by atoms with Crippen molar-refractivity contribution in [3.63, 3.8) is 0 Å². The van der Waals surface area contributed by atoms with Gasteiger partial charge >= 0.3 is 85.9 Å². The molecule has 0 saturated carbocycles. The molecule has 0 spiro atoms. The number of hydrogen-bond acceptors (Lipinski definition) is 0. The van der Waals surface area contributed by atoms with E-state index in [0.717, 1.165) is 0 Å². The van der Waals surface area contributed by atoms with Crippen LogP contribution in [0.2, 0.25) is 0 Å². The molecule has 1 aliphatic rings. The van der Waals surface area contributed by atoms with E-state index in [1.807, 2.05) is 0 Å². The van der Waals surface area contributed by atoms with Gasteiger partial charge in [0.05, 0.1) is 0 Å². The molecule has 2 radical (unpaired) electrons. The van der Waals surface area contributed by atoms with Crippen LogP contribution in [0.5, 0.6) is 0 Å². The molecule has 1 heterocycles. The van der Waals surface area contributed by atoms with Gasteiger partial charge in [0, 0.05) is 0 Å². The van der Waals surface area contributed by atoms with Crippen LogP contribution < -0.4 is 0 Å². The molecule has 0 fully saturated rings. The van der Waals surface area contributed by atoms with Crippen LogP contribution in [0, 0.1) is 5.41 Å². The first-order valence-corrected chi connectivity index (χ1v) is 6.93. The van der Waals surface area contributed by atoms with E-state index in [-0.39, 0.29) is 13.3 Å². The summed E-state index contributed by atoms with van der Waals surface area (Å²) in [4.78, 5) is 0. The molecule has 0 aliphatic carbocycles. The van der Waals surface area contributed by atoms with Crippen molar-refractivity contribution in [2.75, 3.05) is 13.3 Å². The summed E-state index contributed by atoms with van der Waals surface area (Å²) in [6, 6.07) is 0. The Kier molecular flexibility index (Phi) is 3.81. The summed E-state index contributed by atoms with van der Waals surface area (Å²) in [5, 5.41) is 2.95. The van der Waals surface area contributed by atoms with Gasteiger partial charge in [-0.1, -0.05) is 0 Å². The molecule has 1 aliphatic heterocycles. The van der Waals surface area contributed by atoms with E-state index in [2.05, 4.69) is 62.1 Å². The van der Waals surface area contributed by atoms with Crippen LogP contribution in [0.1, 0.15) is 20.8 Å². The van der Waals surface area contributed by atoms with Gasteiger partial charge in [0.1, 0.15) is 0 Å². The van der Waals surface area contributed by atoms with Crippen LogP contribution >= 0.6 is 7.92 Å². The fraction of sp³-hybridized carbons (Fsp3) is 0.750. The molecular formula is C8H15B4P. The zero-order valence-electron chi connectivity index (χ0n) is 9.26. The quantitative estimate of drug-likeness (QED) is 0.416. The molecule has 0 nitrogen and oxygen atoms in total. The molecule has 5 heteroatoms. The molecule has 0 aromatic heterocycles. The molecular weight excluding hydrogens is 170 g/mol. The van der Waals surface area contributed by atoms with Gasteiger partial charge in [0.15, 0.2) is 0 Å². The third-order valence-electron chi connectivity index (χ3n) is 2.23. The van der Waals surface area contributed by atoms with E-state index in [0.29, 0.717) is 0 Å². The van der Waals surface area contributed by atoms with Crippen molar-refractivity contribution in [3.05, 3.63) is 0 Å². The summed E-state index contributed by atoms with van der Waals surface area (Å²) >= 11 is 0. The SMILES string of the molecule is CP(C)C1=BC(C(C)(C)C)=B[B][B]1. The summed E-state index contributed by atoms with van der Waals surface area (Å²) in [6.07, 6.45) is 0. The van der Waals surface area contributed by atoms with Gasteiger partial charge < -0.3 is 0 Å². The molecule has 0 atom stereocenters. The Hall–Kier alpha value is 0.430. The third-order valence-corrected chi connectivity index (χ3v) is 3.54. The minimum absolute atomic E-state index is 0.0411. The average Bonchev–Trinajstić information content (AvgIpc) is 2.03. The average molecular weight is 185 g/mol. The van der Waals surface area contributed by atoms with Crippen LogP contribution in [0.15, 0.2) is 0 Å². The van der Waals surface area contributed by atoms with Crippen molar-refractivity contribution in [3.8, 4) is 0 Å². The van der Waals surface area contributed by atoms with Gasteiger partial charge in [0.2, 0.25) is 0 Å². The van der Waals surface area contributed by atoms with E-state index >= 15 is 0 Å². The van der Waals surface area contributed by atoms with E-state index < -0.39 is 0 Å². The Morgan fingerprint density at radius 1 is 1.15 bits per heavy atom. The van der Waals surface area contributed by atoms with Gasteiger partial charge in [-0.15, -0.1) is 0 Å². The second-order valence-electron chi connectivity index (χ2n) is 4.69. The van der Waals surface area contributed by atoms with Crippen molar-refractivity contribution in [2.24, 2.45) is 5.41 Å². The Balaban J connectivity index is 2.85. The van der Waals surface area contributed by atoms with Crippen LogP contribution in [0.3, 0.4) is 0 Å². The first-order chi connectivity index (χ1) is 5.91. The predicted molar refractivity (Wildman–Crippen MR) is 71.3 cm³/mol. The monoisotopic (exact) mass is 186 g/mol. The number of rotatable bonds is 1. The Morgan fingerprint density at radius 3 is 2.23 bits per heavy atom. The molecule has 0 aromatic rings. The molecule has 0 saturated heterocycles. The summed E-state index contributed by atoms with van der Waals surface area (Å²) in [7, 11) is 4.46. The summed E-state index contributed by atoms with van der Waals surface area (Å²) in [5.41, 5.74) is 0.279. The Morgan fingerprint density at radius 2 is 1.77 bits per heavy atom. The van der Waals surface area contributed by atoms with Gasteiger partial charge in [-0.2, -0.15) is 0 Å². The van der Waals surface area contributed by atoms with E-state index in [9.17, 15) is 0 Å².